The number of esters is 2. The molecule has 14 nitrogen and oxygen atoms in total. The number of carbonyl (C=O) groups is 7. The third-order valence-corrected chi connectivity index (χ3v) is 12.5. The zero-order valence-corrected chi connectivity index (χ0v) is 46.2. The molecular weight excluding hydrogens is 1070 g/mol. The molecule has 0 aliphatic rings. The van der Waals surface area contributed by atoms with Gasteiger partial charge in [-0.3, -0.25) is 19.2 Å². The normalized spacial score (nSPS) is 11.6. The minimum Gasteiger partial charge on any atom is -0.459 e. The van der Waals surface area contributed by atoms with E-state index in [9.17, 15) is 33.6 Å². The second-order valence-corrected chi connectivity index (χ2v) is 20.3. The molecule has 0 aliphatic heterocycles. The monoisotopic (exact) mass is 1120 g/mol. The van der Waals surface area contributed by atoms with E-state index in [-0.39, 0.29) is 94.8 Å². The Hall–Kier alpha value is -7.07. The number of carbonyl (C=O) groups excluding carboxylic acids is 7. The van der Waals surface area contributed by atoms with E-state index in [1.165, 1.54) is 7.05 Å². The zero-order valence-electron chi connectivity index (χ0n) is 43.2. The number of hydrogen-bond acceptors (Lipinski definition) is 11. The molecule has 3 N–H and O–H groups in total. The van der Waals surface area contributed by atoms with Gasteiger partial charge in [-0.15, -0.1) is 0 Å². The number of ketones is 2. The van der Waals surface area contributed by atoms with Crippen LogP contribution in [0.15, 0.2) is 146 Å². The second kappa shape index (κ2) is 30.0. The number of likely N-dealkylation sites (N-methyl/N-ethyl adjacent to an activating group) is 2. The molecule has 3 amide bonds. The van der Waals surface area contributed by atoms with Gasteiger partial charge in [-0.05, 0) is 98.3 Å². The maximum absolute atomic E-state index is 13.3. The number of hydrogen-bond donors (Lipinski definition) is 3. The summed E-state index contributed by atoms with van der Waals surface area (Å²) in [5, 5.41) is 8.57. The Morgan fingerprint density at radius 2 is 0.870 bits per heavy atom. The third-order valence-electron chi connectivity index (χ3n) is 11.3. The Labute approximate surface area is 468 Å². The molecule has 0 aliphatic carbocycles. The van der Waals surface area contributed by atoms with E-state index in [1.54, 1.807) is 64.2 Å². The molecule has 0 saturated carbocycles. The Bertz CT molecular complexity index is 2930. The Balaban J connectivity index is 0.000000289. The first-order valence-electron chi connectivity index (χ1n) is 24.5. The van der Waals surface area contributed by atoms with Crippen molar-refractivity contribution in [3.63, 3.8) is 0 Å². The summed E-state index contributed by atoms with van der Waals surface area (Å²) < 4.78 is 16.1. The van der Waals surface area contributed by atoms with Crippen LogP contribution in [0.25, 0.3) is 22.3 Å². The first-order valence-corrected chi connectivity index (χ1v) is 26.0. The van der Waals surface area contributed by atoms with Gasteiger partial charge in [0.2, 0.25) is 0 Å². The van der Waals surface area contributed by atoms with Gasteiger partial charge >= 0.3 is 18.0 Å². The fraction of sp³-hybridized carbons (Fsp3) is 0.271. The molecule has 0 unspecified atom stereocenters. The number of amides is 3. The molecule has 0 saturated heterocycles. The topological polar surface area (TPSA) is 187 Å². The molecule has 0 radical (unpaired) electrons. The molecule has 404 valence electrons. The van der Waals surface area contributed by atoms with Crippen molar-refractivity contribution in [2.24, 2.45) is 0 Å². The van der Waals surface area contributed by atoms with Crippen molar-refractivity contribution in [2.75, 3.05) is 27.2 Å². The molecule has 6 aromatic carbocycles. The van der Waals surface area contributed by atoms with Gasteiger partial charge in [0, 0.05) is 19.9 Å². The average molecular weight is 1130 g/mol. The molecular formula is C59H60Cl4N4O10. The molecule has 6 aromatic rings. The van der Waals surface area contributed by atoms with Crippen molar-refractivity contribution in [1.82, 2.24) is 20.9 Å². The maximum atomic E-state index is 13.3. The van der Waals surface area contributed by atoms with E-state index in [0.29, 0.717) is 0 Å². The van der Waals surface area contributed by atoms with Gasteiger partial charge < -0.3 is 35.1 Å². The van der Waals surface area contributed by atoms with Crippen molar-refractivity contribution >= 4 is 87.8 Å². The largest absolute Gasteiger partial charge is 0.459 e. The van der Waals surface area contributed by atoms with Crippen LogP contribution in [-0.4, -0.2) is 91.2 Å². The van der Waals surface area contributed by atoms with Crippen LogP contribution in [0.1, 0.15) is 78.3 Å². The van der Waals surface area contributed by atoms with Gasteiger partial charge in [0.1, 0.15) is 36.7 Å². The van der Waals surface area contributed by atoms with Gasteiger partial charge in [-0.1, -0.05) is 168 Å². The summed E-state index contributed by atoms with van der Waals surface area (Å²) in [6.45, 7) is 5.14. The number of nitrogens with zero attached hydrogens (tertiary/aromatic N) is 1. The highest BCUT2D eigenvalue weighted by atomic mass is 35.5. The summed E-state index contributed by atoms with van der Waals surface area (Å²) in [5.74, 6) is -3.11. The first-order chi connectivity index (χ1) is 36.7. The van der Waals surface area contributed by atoms with E-state index in [4.69, 9.17) is 60.6 Å². The predicted molar refractivity (Wildman–Crippen MR) is 300 cm³/mol. The minimum absolute atomic E-state index is 0.00476. The Morgan fingerprint density at radius 3 is 1.22 bits per heavy atom. The van der Waals surface area contributed by atoms with Crippen LogP contribution in [0, 0.1) is 0 Å². The molecule has 0 aromatic heterocycles. The average Bonchev–Trinajstić information content (AvgIpc) is 3.40. The van der Waals surface area contributed by atoms with Crippen molar-refractivity contribution in [3.8, 4) is 22.3 Å². The molecule has 2 atom stereocenters. The van der Waals surface area contributed by atoms with Crippen LogP contribution in [0.4, 0.5) is 4.79 Å². The molecule has 18 heteroatoms. The number of Topliss-reactive ketones (excluding diaryl/α,β-unsaturated/α-hetero) is 2. The van der Waals surface area contributed by atoms with E-state index >= 15 is 0 Å². The van der Waals surface area contributed by atoms with Crippen LogP contribution in [0.3, 0.4) is 0 Å². The highest BCUT2D eigenvalue weighted by Gasteiger charge is 2.29. The van der Waals surface area contributed by atoms with E-state index < -0.39 is 47.5 Å². The molecule has 77 heavy (non-hydrogen) atoms. The highest BCUT2D eigenvalue weighted by Crippen LogP contribution is 2.33. The quantitative estimate of drug-likeness (QED) is 0.0434. The number of nitrogens with one attached hydrogen (secondary N) is 3. The van der Waals surface area contributed by atoms with Gasteiger partial charge in [0.05, 0.1) is 44.3 Å². The molecule has 0 spiro atoms. The molecule has 6 rings (SSSR count). The summed E-state index contributed by atoms with van der Waals surface area (Å²) in [6.07, 6.45) is -0.672. The standard InChI is InChI=1S/C32H34Cl2N2O6.C27H26Cl2N2O4/c1-32(2,3)42-31(40)36(4)19-24(37)15-16-27(30(39)41-20-21-11-7-5-8-12-21)35-29(38)28-25(33)17-23(18-26(28)34)22-13-9-6-10-14-22;1-30-16-21(32)12-13-24(27(34)35-17-18-8-4-2-5-9-18)31-26(33)25-22(28)14-20(15-23(25)29)19-10-6-3-7-11-19/h5-14,17-18,27H,15-16,19-20H2,1-4H3,(H,35,38);2-11,14-15,24,30H,12-13,16-17H2,1H3,(H,31,33)/t27-;24-/m00/s1. The zero-order chi connectivity index (χ0) is 56.1. The summed E-state index contributed by atoms with van der Waals surface area (Å²) in [6, 6.07) is 41.4. The van der Waals surface area contributed by atoms with Crippen molar-refractivity contribution in [3.05, 3.63) is 188 Å². The first kappa shape index (κ1) is 60.8. The number of halogens is 4. The van der Waals surface area contributed by atoms with Gasteiger partial charge in [0.25, 0.3) is 11.8 Å². The lowest BCUT2D eigenvalue weighted by Crippen LogP contribution is -2.43. The second-order valence-electron chi connectivity index (χ2n) is 18.6. The van der Waals surface area contributed by atoms with Crippen molar-refractivity contribution in [2.45, 2.75) is 77.4 Å². The summed E-state index contributed by atoms with van der Waals surface area (Å²) in [5.41, 5.74) is 4.14. The van der Waals surface area contributed by atoms with Gasteiger partial charge in [0.15, 0.2) is 5.78 Å². The lowest BCUT2D eigenvalue weighted by atomic mass is 10.0. The fourth-order valence-corrected chi connectivity index (χ4v) is 8.75. The third kappa shape index (κ3) is 19.8. The number of ether oxygens (including phenoxy) is 3. The summed E-state index contributed by atoms with van der Waals surface area (Å²) >= 11 is 25.8. The summed E-state index contributed by atoms with van der Waals surface area (Å²) in [4.78, 5) is 90.5. The van der Waals surface area contributed by atoms with Crippen LogP contribution >= 0.6 is 46.4 Å². The number of rotatable bonds is 22. The smallest absolute Gasteiger partial charge is 0.410 e. The predicted octanol–water partition coefficient (Wildman–Crippen LogP) is 11.8. The van der Waals surface area contributed by atoms with Crippen LogP contribution in [0.5, 0.6) is 0 Å². The lowest BCUT2D eigenvalue weighted by molar-refractivity contribution is -0.148. The highest BCUT2D eigenvalue weighted by molar-refractivity contribution is 6.41. The van der Waals surface area contributed by atoms with Crippen molar-refractivity contribution < 1.29 is 47.8 Å². The molecule has 0 heterocycles. The van der Waals surface area contributed by atoms with E-state index in [2.05, 4.69) is 16.0 Å². The van der Waals surface area contributed by atoms with Gasteiger partial charge in [-0.25, -0.2) is 14.4 Å². The Morgan fingerprint density at radius 1 is 0.519 bits per heavy atom. The molecule has 0 fully saturated rings. The van der Waals surface area contributed by atoms with E-state index in [0.717, 1.165) is 38.3 Å². The van der Waals surface area contributed by atoms with Crippen LogP contribution in [0.2, 0.25) is 20.1 Å². The molecule has 0 bridgehead atoms. The number of benzene rings is 6. The fourth-order valence-electron chi connectivity index (χ4n) is 7.44. The van der Waals surface area contributed by atoms with Crippen LogP contribution < -0.4 is 16.0 Å². The van der Waals surface area contributed by atoms with E-state index in [1.807, 2.05) is 109 Å². The van der Waals surface area contributed by atoms with Crippen LogP contribution in [-0.2, 0) is 46.6 Å². The SMILES string of the molecule is CN(CC(=O)CC[C@H](NC(=O)c1c(Cl)cc(-c2ccccc2)cc1Cl)C(=O)OCc1ccccc1)C(=O)OC(C)(C)C.CNCC(=O)CC[C@H](NC(=O)c1c(Cl)cc(-c2ccccc2)cc1Cl)C(=O)OCc1ccccc1. The Kier molecular flexibility index (Phi) is 23.7. The van der Waals surface area contributed by atoms with Crippen molar-refractivity contribution in [1.29, 1.82) is 0 Å². The van der Waals surface area contributed by atoms with Gasteiger partial charge in [-0.2, -0.15) is 0 Å². The lowest BCUT2D eigenvalue weighted by Gasteiger charge is -2.24. The minimum atomic E-state index is -1.18. The maximum Gasteiger partial charge on any atom is 0.410 e. The summed E-state index contributed by atoms with van der Waals surface area (Å²) in [7, 11) is 3.11.